The molecule has 0 bridgehead atoms. The van der Waals surface area contributed by atoms with Crippen LogP contribution >= 0.6 is 11.6 Å². The van der Waals surface area contributed by atoms with Crippen LogP contribution in [0.1, 0.15) is 34.7 Å². The maximum absolute atomic E-state index is 12.9. The third-order valence-corrected chi connectivity index (χ3v) is 5.39. The first-order valence-corrected chi connectivity index (χ1v) is 11.8. The summed E-state index contributed by atoms with van der Waals surface area (Å²) in [6.45, 7) is 6.36. The molecule has 0 heterocycles. The van der Waals surface area contributed by atoms with Crippen LogP contribution in [0.15, 0.2) is 78.4 Å². The molecule has 0 saturated heterocycles. The van der Waals surface area contributed by atoms with Crippen LogP contribution in [-0.4, -0.2) is 18.7 Å². The van der Waals surface area contributed by atoms with Crippen molar-refractivity contribution in [3.63, 3.8) is 0 Å². The zero-order chi connectivity index (χ0) is 26.8. The number of amides is 1. The highest BCUT2D eigenvalue weighted by atomic mass is 35.5. The normalized spacial score (nSPS) is 11.4. The first kappa shape index (κ1) is 27.8. The Bertz CT molecular complexity index is 1260. The van der Waals surface area contributed by atoms with E-state index in [1.807, 2.05) is 25.1 Å². The number of nitrogens with zero attached hydrogens (tertiary/aromatic N) is 1. The number of hydrogen-bond acceptors (Lipinski definition) is 4. The fraction of sp³-hybridized carbons (Fsp3) is 0.214. The lowest BCUT2D eigenvalue weighted by Gasteiger charge is -2.17. The average Bonchev–Trinajstić information content (AvgIpc) is 2.84. The number of alkyl halides is 3. The highest BCUT2D eigenvalue weighted by Gasteiger charge is 2.30. The van der Waals surface area contributed by atoms with Crippen LogP contribution in [0.2, 0.25) is 5.02 Å². The van der Waals surface area contributed by atoms with Crippen molar-refractivity contribution in [3.05, 3.63) is 106 Å². The van der Waals surface area contributed by atoms with Crippen molar-refractivity contribution in [3.8, 4) is 11.5 Å². The summed E-state index contributed by atoms with van der Waals surface area (Å²) in [6.07, 6.45) is -1.05. The van der Waals surface area contributed by atoms with Gasteiger partial charge in [0.2, 0.25) is 5.91 Å². The molecule has 9 heteroatoms. The summed E-state index contributed by atoms with van der Waals surface area (Å²) in [5.74, 6) is 0.532. The molecule has 0 unspecified atom stereocenters. The molecular formula is C28H26ClF3N2O3. The number of carbonyl (C=O) groups is 1. The van der Waals surface area contributed by atoms with E-state index >= 15 is 0 Å². The summed E-state index contributed by atoms with van der Waals surface area (Å²) in [4.78, 5) is 12.2. The molecule has 194 valence electrons. The van der Waals surface area contributed by atoms with E-state index < -0.39 is 17.6 Å². The fourth-order valence-corrected chi connectivity index (χ4v) is 3.62. The van der Waals surface area contributed by atoms with Gasteiger partial charge in [-0.2, -0.15) is 18.3 Å². The Morgan fingerprint density at radius 1 is 1.08 bits per heavy atom. The molecule has 0 spiro atoms. The maximum atomic E-state index is 12.9. The fourth-order valence-electron chi connectivity index (χ4n) is 3.49. The van der Waals surface area contributed by atoms with E-state index in [0.29, 0.717) is 41.7 Å². The van der Waals surface area contributed by atoms with Crippen LogP contribution in [0.3, 0.4) is 0 Å². The molecule has 0 fully saturated rings. The number of rotatable bonds is 11. The number of hydrazone groups is 1. The summed E-state index contributed by atoms with van der Waals surface area (Å²) >= 11 is 5.95. The number of halogens is 4. The molecule has 1 N–H and O–H groups in total. The van der Waals surface area contributed by atoms with Gasteiger partial charge < -0.3 is 9.47 Å². The Morgan fingerprint density at radius 2 is 1.84 bits per heavy atom. The number of hydrogen-bond donors (Lipinski definition) is 1. The molecule has 0 atom stereocenters. The molecule has 0 aliphatic carbocycles. The van der Waals surface area contributed by atoms with Gasteiger partial charge in [-0.1, -0.05) is 48.0 Å². The highest BCUT2D eigenvalue weighted by molar-refractivity contribution is 6.30. The van der Waals surface area contributed by atoms with Gasteiger partial charge in [0.15, 0.2) is 11.5 Å². The molecule has 3 rings (SSSR count). The smallest absolute Gasteiger partial charge is 0.416 e. The average molecular weight is 531 g/mol. The van der Waals surface area contributed by atoms with Crippen molar-refractivity contribution in [1.82, 2.24) is 5.43 Å². The predicted octanol–water partition coefficient (Wildman–Crippen LogP) is 6.76. The van der Waals surface area contributed by atoms with Crippen LogP contribution < -0.4 is 14.9 Å². The van der Waals surface area contributed by atoms with E-state index in [2.05, 4.69) is 17.1 Å². The summed E-state index contributed by atoms with van der Waals surface area (Å²) in [5, 5.41) is 4.60. The summed E-state index contributed by atoms with van der Waals surface area (Å²) in [7, 11) is 0. The Morgan fingerprint density at radius 3 is 2.51 bits per heavy atom. The second-order valence-electron chi connectivity index (χ2n) is 8.02. The predicted molar refractivity (Wildman–Crippen MR) is 138 cm³/mol. The van der Waals surface area contributed by atoms with Gasteiger partial charge in [0.25, 0.3) is 0 Å². The molecular weight excluding hydrogens is 505 g/mol. The molecule has 0 aliphatic heterocycles. The minimum absolute atomic E-state index is 0.233. The standard InChI is InChI=1S/C28H26ClF3N2O3/c1-3-6-22-13-21(15-25(36-4-2)27(22)37-18-19-9-11-24(29)12-10-19)17-33-34-26(35)16-20-7-5-8-23(14-20)28(30,31)32/h3,5,7-15,17H,1,4,6,16,18H2,2H3,(H,34,35). The lowest BCUT2D eigenvalue weighted by Crippen LogP contribution is -2.20. The number of benzene rings is 3. The third-order valence-electron chi connectivity index (χ3n) is 5.14. The van der Waals surface area contributed by atoms with Gasteiger partial charge in [-0.25, -0.2) is 5.43 Å². The van der Waals surface area contributed by atoms with Gasteiger partial charge in [-0.3, -0.25) is 4.79 Å². The molecule has 3 aromatic carbocycles. The van der Waals surface area contributed by atoms with E-state index in [1.54, 1.807) is 24.3 Å². The van der Waals surface area contributed by atoms with Crippen LogP contribution in [0.4, 0.5) is 13.2 Å². The molecule has 5 nitrogen and oxygen atoms in total. The van der Waals surface area contributed by atoms with Crippen molar-refractivity contribution in [2.45, 2.75) is 32.5 Å². The SMILES string of the molecule is C=CCc1cc(C=NNC(=O)Cc2cccc(C(F)(F)F)c2)cc(OCC)c1OCc1ccc(Cl)cc1. The second kappa shape index (κ2) is 13.0. The van der Waals surface area contributed by atoms with E-state index in [1.165, 1.54) is 18.3 Å². The van der Waals surface area contributed by atoms with E-state index in [0.717, 1.165) is 23.3 Å². The Balaban J connectivity index is 1.73. The number of nitrogens with one attached hydrogen (secondary N) is 1. The molecule has 0 aromatic heterocycles. The van der Waals surface area contributed by atoms with Crippen LogP contribution in [-0.2, 0) is 30.4 Å². The lowest BCUT2D eigenvalue weighted by molar-refractivity contribution is -0.137. The van der Waals surface area contributed by atoms with Crippen molar-refractivity contribution in [1.29, 1.82) is 0 Å². The Hall–Kier alpha value is -3.78. The lowest BCUT2D eigenvalue weighted by atomic mass is 10.1. The summed E-state index contributed by atoms with van der Waals surface area (Å²) in [5.41, 5.74) is 4.16. The van der Waals surface area contributed by atoms with E-state index in [4.69, 9.17) is 21.1 Å². The first-order chi connectivity index (χ1) is 17.7. The van der Waals surface area contributed by atoms with Gasteiger partial charge in [0.1, 0.15) is 6.61 Å². The van der Waals surface area contributed by atoms with Gasteiger partial charge in [-0.05, 0) is 60.4 Å². The van der Waals surface area contributed by atoms with Crippen LogP contribution in [0.5, 0.6) is 11.5 Å². The Kier molecular flexibility index (Phi) is 9.74. The van der Waals surface area contributed by atoms with Gasteiger partial charge >= 0.3 is 6.18 Å². The Labute approximate surface area is 218 Å². The monoisotopic (exact) mass is 530 g/mol. The van der Waals surface area contributed by atoms with Crippen molar-refractivity contribution >= 4 is 23.7 Å². The van der Waals surface area contributed by atoms with E-state index in [9.17, 15) is 18.0 Å². The molecule has 0 saturated carbocycles. The van der Waals surface area contributed by atoms with E-state index in [-0.39, 0.29) is 12.0 Å². The summed E-state index contributed by atoms with van der Waals surface area (Å²) < 4.78 is 50.6. The zero-order valence-electron chi connectivity index (χ0n) is 20.1. The van der Waals surface area contributed by atoms with Crippen molar-refractivity contribution in [2.75, 3.05) is 6.61 Å². The maximum Gasteiger partial charge on any atom is 0.416 e. The number of ether oxygens (including phenoxy) is 2. The van der Waals surface area contributed by atoms with Gasteiger partial charge in [0.05, 0.1) is 24.8 Å². The van der Waals surface area contributed by atoms with Gasteiger partial charge in [-0.15, -0.1) is 6.58 Å². The third kappa shape index (κ3) is 8.39. The number of carbonyl (C=O) groups excluding carboxylic acids is 1. The quantitative estimate of drug-likeness (QED) is 0.169. The van der Waals surface area contributed by atoms with Crippen molar-refractivity contribution < 1.29 is 27.4 Å². The topological polar surface area (TPSA) is 59.9 Å². The minimum Gasteiger partial charge on any atom is -0.490 e. The zero-order valence-corrected chi connectivity index (χ0v) is 20.9. The largest absolute Gasteiger partial charge is 0.490 e. The number of allylic oxidation sites excluding steroid dienone is 1. The molecule has 3 aromatic rings. The van der Waals surface area contributed by atoms with Crippen molar-refractivity contribution in [2.24, 2.45) is 5.10 Å². The second-order valence-corrected chi connectivity index (χ2v) is 8.45. The molecule has 1 amide bonds. The van der Waals surface area contributed by atoms with Crippen LogP contribution in [0, 0.1) is 0 Å². The molecule has 0 radical (unpaired) electrons. The van der Waals surface area contributed by atoms with Gasteiger partial charge in [0, 0.05) is 10.6 Å². The minimum atomic E-state index is -4.48. The highest BCUT2D eigenvalue weighted by Crippen LogP contribution is 2.34. The molecule has 0 aliphatic rings. The summed E-state index contributed by atoms with van der Waals surface area (Å²) in [6, 6.07) is 15.5. The first-order valence-electron chi connectivity index (χ1n) is 11.5. The molecule has 37 heavy (non-hydrogen) atoms. The van der Waals surface area contributed by atoms with Crippen LogP contribution in [0.25, 0.3) is 0 Å².